The molecule has 32 heavy (non-hydrogen) atoms. The molecule has 1 aliphatic rings. The van der Waals surface area contributed by atoms with Crippen LogP contribution in [0.5, 0.6) is 46.0 Å². The molecule has 4 rings (SSSR count). The van der Waals surface area contributed by atoms with Gasteiger partial charge in [-0.05, 0) is 37.1 Å². The van der Waals surface area contributed by atoms with Crippen LogP contribution in [0.1, 0.15) is 22.3 Å². The van der Waals surface area contributed by atoms with Gasteiger partial charge in [0.05, 0.1) is 12.2 Å². The number of para-hydroxylation sites is 2. The molecule has 0 amide bonds. The van der Waals surface area contributed by atoms with Crippen molar-refractivity contribution >= 4 is 5.97 Å². The van der Waals surface area contributed by atoms with E-state index in [2.05, 4.69) is 0 Å². The maximum atomic E-state index is 10.3. The number of ether oxygens (including phenoxy) is 1. The summed E-state index contributed by atoms with van der Waals surface area (Å²) in [5.41, 5.74) is 0.516. The number of aromatic hydroxyl groups is 7. The van der Waals surface area contributed by atoms with Gasteiger partial charge in [0.2, 0.25) is 0 Å². The molecule has 0 saturated carbocycles. The van der Waals surface area contributed by atoms with Crippen LogP contribution in [0.25, 0.3) is 0 Å². The fourth-order valence-electron chi connectivity index (χ4n) is 2.62. The number of carboxylic acid groups (broad SMARTS) is 1. The number of aromatic carboxylic acids is 1. The molecule has 10 heteroatoms. The first-order valence-electron chi connectivity index (χ1n) is 9.23. The number of hydrogen-bond acceptors (Lipinski definition) is 9. The largest absolute Gasteiger partial charge is 0.508 e. The molecule has 0 bridgehead atoms. The Labute approximate surface area is 182 Å². The van der Waals surface area contributed by atoms with E-state index in [4.69, 9.17) is 40.5 Å². The Bertz CT molecular complexity index is 1050. The van der Waals surface area contributed by atoms with E-state index in [1.54, 1.807) is 12.1 Å². The second-order valence-electron chi connectivity index (χ2n) is 6.55. The van der Waals surface area contributed by atoms with Crippen molar-refractivity contribution < 1.29 is 50.4 Å². The first kappa shape index (κ1) is 23.8. The van der Waals surface area contributed by atoms with Crippen LogP contribution < -0.4 is 4.74 Å². The molecule has 0 radical (unpaired) electrons. The summed E-state index contributed by atoms with van der Waals surface area (Å²) in [7, 11) is 0. The minimum atomic E-state index is -1.29. The van der Waals surface area contributed by atoms with Gasteiger partial charge in [-0.25, -0.2) is 4.79 Å². The molecule has 8 N–H and O–H groups in total. The Hall–Kier alpha value is -4.47. The Morgan fingerprint density at radius 2 is 1.31 bits per heavy atom. The number of phenols is 7. The molecule has 3 aromatic carbocycles. The first-order chi connectivity index (χ1) is 15.1. The van der Waals surface area contributed by atoms with Crippen LogP contribution >= 0.6 is 0 Å². The summed E-state index contributed by atoms with van der Waals surface area (Å²) in [6.45, 7) is 0.663. The number of carbonyl (C=O) groups is 1. The third-order valence-corrected chi connectivity index (χ3v) is 4.20. The monoisotopic (exact) mass is 446 g/mol. The highest BCUT2D eigenvalue weighted by atomic mass is 16.5. The average Bonchev–Trinajstić information content (AvgIpc) is 2.74. The van der Waals surface area contributed by atoms with Crippen molar-refractivity contribution in [3.05, 3.63) is 59.7 Å². The maximum absolute atomic E-state index is 10.3. The van der Waals surface area contributed by atoms with Crippen molar-refractivity contribution in [2.45, 2.75) is 12.8 Å². The Balaban J connectivity index is 0.000000174. The predicted octanol–water partition coefficient (Wildman–Crippen LogP) is 3.02. The highest BCUT2D eigenvalue weighted by Gasteiger charge is 2.15. The maximum Gasteiger partial charge on any atom is 0.335 e. The van der Waals surface area contributed by atoms with Crippen LogP contribution in [0.4, 0.5) is 0 Å². The molecule has 0 aliphatic carbocycles. The van der Waals surface area contributed by atoms with Crippen LogP contribution in [0.15, 0.2) is 48.5 Å². The van der Waals surface area contributed by atoms with Gasteiger partial charge in [-0.3, -0.25) is 0 Å². The summed E-state index contributed by atoms with van der Waals surface area (Å²) in [5, 5.41) is 70.8. The Morgan fingerprint density at radius 1 is 0.750 bits per heavy atom. The fraction of sp³-hybridized carbons (Fsp3) is 0.136. The van der Waals surface area contributed by atoms with E-state index in [1.165, 1.54) is 24.3 Å². The van der Waals surface area contributed by atoms with Crippen molar-refractivity contribution in [2.24, 2.45) is 0 Å². The van der Waals surface area contributed by atoms with E-state index in [-0.39, 0.29) is 28.6 Å². The van der Waals surface area contributed by atoms with Gasteiger partial charge in [0.15, 0.2) is 28.7 Å². The minimum absolute atomic E-state index is 0.0492. The Morgan fingerprint density at radius 3 is 1.81 bits per heavy atom. The van der Waals surface area contributed by atoms with Crippen LogP contribution in [0.3, 0.4) is 0 Å². The van der Waals surface area contributed by atoms with Crippen molar-refractivity contribution in [3.8, 4) is 46.0 Å². The lowest BCUT2D eigenvalue weighted by molar-refractivity contribution is 0.0695. The third-order valence-electron chi connectivity index (χ3n) is 4.20. The van der Waals surface area contributed by atoms with Crippen LogP contribution in [0, 0.1) is 0 Å². The summed E-state index contributed by atoms with van der Waals surface area (Å²) in [5.74, 6) is -2.70. The molecule has 170 valence electrons. The third kappa shape index (κ3) is 6.26. The lowest BCUT2D eigenvalue weighted by Crippen LogP contribution is -2.07. The van der Waals surface area contributed by atoms with E-state index in [0.29, 0.717) is 12.4 Å². The van der Waals surface area contributed by atoms with Crippen molar-refractivity contribution in [3.63, 3.8) is 0 Å². The van der Waals surface area contributed by atoms with Crippen molar-refractivity contribution in [1.82, 2.24) is 0 Å². The van der Waals surface area contributed by atoms with Crippen LogP contribution in [0.2, 0.25) is 0 Å². The molecule has 0 spiro atoms. The van der Waals surface area contributed by atoms with E-state index in [1.807, 2.05) is 0 Å². The van der Waals surface area contributed by atoms with E-state index < -0.39 is 23.2 Å². The summed E-state index contributed by atoms with van der Waals surface area (Å²) in [6, 6.07) is 10.7. The number of hydrogen-bond donors (Lipinski definition) is 8. The molecule has 0 unspecified atom stereocenters. The molecule has 1 heterocycles. The van der Waals surface area contributed by atoms with Gasteiger partial charge < -0.3 is 45.6 Å². The lowest BCUT2D eigenvalue weighted by Gasteiger charge is -2.17. The summed E-state index contributed by atoms with van der Waals surface area (Å²) in [4.78, 5) is 10.3. The molecule has 0 aromatic heterocycles. The van der Waals surface area contributed by atoms with Gasteiger partial charge >= 0.3 is 5.97 Å². The normalized spacial score (nSPS) is 11.5. The Kier molecular flexibility index (Phi) is 7.83. The molecule has 3 aromatic rings. The second-order valence-corrected chi connectivity index (χ2v) is 6.55. The molecule has 10 nitrogen and oxygen atoms in total. The number of phenolic OH excluding ortho intramolecular Hbond substituents is 7. The van der Waals surface area contributed by atoms with E-state index in [9.17, 15) is 9.90 Å². The predicted molar refractivity (Wildman–Crippen MR) is 112 cm³/mol. The smallest absolute Gasteiger partial charge is 0.335 e. The SMILES string of the molecule is O=C(O)c1cc(O)c(O)c(O)c1.Oc1cc(O)c2c(c1)OCCC2.Oc1ccccc1O. The zero-order valence-corrected chi connectivity index (χ0v) is 16.6. The van der Waals surface area contributed by atoms with Crippen LogP contribution in [-0.4, -0.2) is 53.4 Å². The van der Waals surface area contributed by atoms with Gasteiger partial charge in [0.25, 0.3) is 0 Å². The van der Waals surface area contributed by atoms with Gasteiger partial charge in [0.1, 0.15) is 17.2 Å². The average molecular weight is 446 g/mol. The molecule has 0 saturated heterocycles. The topological polar surface area (TPSA) is 188 Å². The molecule has 1 aliphatic heterocycles. The van der Waals surface area contributed by atoms with Gasteiger partial charge in [0, 0.05) is 17.7 Å². The second kappa shape index (κ2) is 10.5. The number of benzene rings is 3. The first-order valence-corrected chi connectivity index (χ1v) is 9.23. The number of rotatable bonds is 1. The number of fused-ring (bicyclic) bond motifs is 1. The molecular formula is C22H22O10. The lowest BCUT2D eigenvalue weighted by atomic mass is 10.1. The summed E-state index contributed by atoms with van der Waals surface area (Å²) >= 11 is 0. The van der Waals surface area contributed by atoms with E-state index in [0.717, 1.165) is 30.5 Å². The zero-order valence-electron chi connectivity index (χ0n) is 16.6. The highest BCUT2D eigenvalue weighted by Crippen LogP contribution is 2.36. The van der Waals surface area contributed by atoms with Gasteiger partial charge in [-0.2, -0.15) is 0 Å². The van der Waals surface area contributed by atoms with Gasteiger partial charge in [-0.1, -0.05) is 12.1 Å². The quantitative estimate of drug-likeness (QED) is 0.258. The standard InChI is InChI=1S/C9H10O3.C7H6O5.C6H6O2/c10-6-4-8(11)7-2-1-3-12-9(7)5-6;8-4-1-3(7(11)12)2-5(9)6(4)10;7-5-3-1-2-4-6(5)8/h4-5,10-11H,1-3H2;1-2,8-10H,(H,11,12);1-4,7-8H. The summed E-state index contributed by atoms with van der Waals surface area (Å²) < 4.78 is 5.27. The van der Waals surface area contributed by atoms with Crippen LogP contribution in [-0.2, 0) is 6.42 Å². The van der Waals surface area contributed by atoms with E-state index >= 15 is 0 Å². The van der Waals surface area contributed by atoms with Gasteiger partial charge in [-0.15, -0.1) is 0 Å². The van der Waals surface area contributed by atoms with Crippen molar-refractivity contribution in [2.75, 3.05) is 6.61 Å². The zero-order chi connectivity index (χ0) is 23.8. The summed E-state index contributed by atoms with van der Waals surface area (Å²) in [6.07, 6.45) is 1.74. The minimum Gasteiger partial charge on any atom is -0.508 e. The molecule has 0 atom stereocenters. The van der Waals surface area contributed by atoms with Crippen molar-refractivity contribution in [1.29, 1.82) is 0 Å². The molecular weight excluding hydrogens is 424 g/mol. The molecule has 0 fully saturated rings. The highest BCUT2D eigenvalue weighted by molar-refractivity contribution is 5.89. The fourth-order valence-corrected chi connectivity index (χ4v) is 2.62. The number of carboxylic acids is 1.